The first-order chi connectivity index (χ1) is 10.9. The van der Waals surface area contributed by atoms with Crippen molar-refractivity contribution in [3.8, 4) is 11.5 Å². The first-order valence-electron chi connectivity index (χ1n) is 7.24. The molecule has 2 aromatic carbocycles. The monoisotopic (exact) mass is 333 g/mol. The maximum atomic E-state index is 12.1. The quantitative estimate of drug-likeness (QED) is 0.875. The predicted octanol–water partition coefficient (Wildman–Crippen LogP) is 3.78. The van der Waals surface area contributed by atoms with Crippen LogP contribution in [0.5, 0.6) is 11.5 Å². The summed E-state index contributed by atoms with van der Waals surface area (Å²) in [6.07, 6.45) is 0. The van der Waals surface area contributed by atoms with Crippen LogP contribution in [0.2, 0.25) is 5.02 Å². The number of rotatable bonds is 6. The zero-order valence-electron chi connectivity index (χ0n) is 13.4. The number of nitrogens with one attached hydrogen (secondary N) is 1. The number of methoxy groups -OCH3 is 1. The van der Waals surface area contributed by atoms with Crippen LogP contribution in [0.1, 0.15) is 19.4 Å². The van der Waals surface area contributed by atoms with E-state index < -0.39 is 5.54 Å². The van der Waals surface area contributed by atoms with E-state index >= 15 is 0 Å². The molecular weight excluding hydrogens is 314 g/mol. The summed E-state index contributed by atoms with van der Waals surface area (Å²) in [6, 6.07) is 14.5. The van der Waals surface area contributed by atoms with Gasteiger partial charge in [0, 0.05) is 5.02 Å². The van der Waals surface area contributed by atoms with E-state index in [1.807, 2.05) is 38.1 Å². The molecule has 0 aliphatic heterocycles. The second-order valence-electron chi connectivity index (χ2n) is 5.64. The predicted molar refractivity (Wildman–Crippen MR) is 91.1 cm³/mol. The van der Waals surface area contributed by atoms with Crippen LogP contribution in [0, 0.1) is 0 Å². The van der Waals surface area contributed by atoms with Gasteiger partial charge in [0.25, 0.3) is 5.91 Å². The Kier molecular flexibility index (Phi) is 5.50. The van der Waals surface area contributed by atoms with Gasteiger partial charge in [-0.25, -0.2) is 0 Å². The summed E-state index contributed by atoms with van der Waals surface area (Å²) in [5.74, 6) is 1.19. The Labute approximate surface area is 141 Å². The molecule has 2 aromatic rings. The highest BCUT2D eigenvalue weighted by Crippen LogP contribution is 2.22. The Morgan fingerprint density at radius 3 is 2.17 bits per heavy atom. The van der Waals surface area contributed by atoms with E-state index in [4.69, 9.17) is 21.1 Å². The second-order valence-corrected chi connectivity index (χ2v) is 6.08. The topological polar surface area (TPSA) is 47.6 Å². The maximum Gasteiger partial charge on any atom is 0.258 e. The first kappa shape index (κ1) is 17.2. The summed E-state index contributed by atoms with van der Waals surface area (Å²) in [7, 11) is 1.62. The molecule has 4 nitrogen and oxygen atoms in total. The minimum Gasteiger partial charge on any atom is -0.497 e. The fraction of sp³-hybridized carbons (Fsp3) is 0.278. The van der Waals surface area contributed by atoms with Gasteiger partial charge in [0.15, 0.2) is 6.61 Å². The second kappa shape index (κ2) is 7.38. The highest BCUT2D eigenvalue weighted by Gasteiger charge is 2.23. The van der Waals surface area contributed by atoms with Crippen LogP contribution in [0.4, 0.5) is 0 Å². The standard InChI is InChI=1S/C18H20ClNO3/c1-18(2,13-4-8-15(22-3)9-5-13)20-17(21)12-23-16-10-6-14(19)7-11-16/h4-11H,12H2,1-3H3,(H,20,21). The average Bonchev–Trinajstić information content (AvgIpc) is 2.54. The van der Waals surface area contributed by atoms with Crippen molar-refractivity contribution in [2.75, 3.05) is 13.7 Å². The molecule has 0 unspecified atom stereocenters. The van der Waals surface area contributed by atoms with Crippen LogP contribution in [0.3, 0.4) is 0 Å². The first-order valence-corrected chi connectivity index (χ1v) is 7.62. The molecule has 1 N–H and O–H groups in total. The van der Waals surface area contributed by atoms with Gasteiger partial charge in [-0.15, -0.1) is 0 Å². The molecule has 122 valence electrons. The van der Waals surface area contributed by atoms with Gasteiger partial charge >= 0.3 is 0 Å². The third-order valence-corrected chi connectivity index (χ3v) is 3.70. The van der Waals surface area contributed by atoms with Gasteiger partial charge in [-0.2, -0.15) is 0 Å². The van der Waals surface area contributed by atoms with E-state index in [1.165, 1.54) is 0 Å². The molecule has 0 spiro atoms. The van der Waals surface area contributed by atoms with E-state index in [9.17, 15) is 4.79 Å². The zero-order chi connectivity index (χ0) is 16.9. The van der Waals surface area contributed by atoms with Crippen molar-refractivity contribution in [2.45, 2.75) is 19.4 Å². The Bertz CT molecular complexity index is 651. The molecule has 0 fully saturated rings. The van der Waals surface area contributed by atoms with Gasteiger partial charge in [0.05, 0.1) is 12.6 Å². The van der Waals surface area contributed by atoms with Crippen molar-refractivity contribution >= 4 is 17.5 Å². The van der Waals surface area contributed by atoms with Crippen molar-refractivity contribution < 1.29 is 14.3 Å². The molecule has 0 heterocycles. The number of halogens is 1. The largest absolute Gasteiger partial charge is 0.497 e. The number of hydrogen-bond acceptors (Lipinski definition) is 3. The minimum atomic E-state index is -0.507. The molecule has 0 radical (unpaired) electrons. The molecule has 0 saturated heterocycles. The summed E-state index contributed by atoms with van der Waals surface area (Å²) in [4.78, 5) is 12.1. The summed E-state index contributed by atoms with van der Waals surface area (Å²) < 4.78 is 10.6. The van der Waals surface area contributed by atoms with Gasteiger partial charge in [-0.1, -0.05) is 23.7 Å². The Morgan fingerprint density at radius 1 is 1.04 bits per heavy atom. The number of ether oxygens (including phenoxy) is 2. The number of amides is 1. The van der Waals surface area contributed by atoms with E-state index in [2.05, 4.69) is 5.32 Å². The van der Waals surface area contributed by atoms with Gasteiger partial charge in [0.2, 0.25) is 0 Å². The summed E-state index contributed by atoms with van der Waals surface area (Å²) in [5, 5.41) is 3.59. The van der Waals surface area contributed by atoms with Crippen molar-refractivity contribution in [1.82, 2.24) is 5.32 Å². The lowest BCUT2D eigenvalue weighted by atomic mass is 9.94. The van der Waals surface area contributed by atoms with Gasteiger partial charge < -0.3 is 14.8 Å². The van der Waals surface area contributed by atoms with Crippen molar-refractivity contribution in [3.63, 3.8) is 0 Å². The van der Waals surface area contributed by atoms with Crippen LogP contribution >= 0.6 is 11.6 Å². The minimum absolute atomic E-state index is 0.0543. The Balaban J connectivity index is 1.93. The molecule has 0 aliphatic carbocycles. The van der Waals surface area contributed by atoms with Crippen LogP contribution in [-0.4, -0.2) is 19.6 Å². The molecule has 0 bridgehead atoms. The fourth-order valence-corrected chi connectivity index (χ4v) is 2.27. The molecule has 0 aliphatic rings. The van der Waals surface area contributed by atoms with E-state index in [0.29, 0.717) is 10.8 Å². The number of carbonyl (C=O) groups excluding carboxylic acids is 1. The smallest absolute Gasteiger partial charge is 0.258 e. The molecule has 1 amide bonds. The highest BCUT2D eigenvalue weighted by atomic mass is 35.5. The highest BCUT2D eigenvalue weighted by molar-refractivity contribution is 6.30. The number of hydrogen-bond donors (Lipinski definition) is 1. The van der Waals surface area contributed by atoms with Gasteiger partial charge in [-0.3, -0.25) is 4.79 Å². The van der Waals surface area contributed by atoms with Crippen molar-refractivity contribution in [1.29, 1.82) is 0 Å². The van der Waals surface area contributed by atoms with E-state index in [1.54, 1.807) is 31.4 Å². The van der Waals surface area contributed by atoms with E-state index in [-0.39, 0.29) is 12.5 Å². The lowest BCUT2D eigenvalue weighted by molar-refractivity contribution is -0.124. The summed E-state index contributed by atoms with van der Waals surface area (Å²) in [5.41, 5.74) is 0.477. The maximum absolute atomic E-state index is 12.1. The molecule has 0 aromatic heterocycles. The molecule has 23 heavy (non-hydrogen) atoms. The van der Waals surface area contributed by atoms with Crippen LogP contribution < -0.4 is 14.8 Å². The number of benzene rings is 2. The summed E-state index contributed by atoms with van der Waals surface area (Å²) >= 11 is 5.81. The molecule has 2 rings (SSSR count). The molecular formula is C18H20ClNO3. The van der Waals surface area contributed by atoms with Crippen LogP contribution in [-0.2, 0) is 10.3 Å². The lowest BCUT2D eigenvalue weighted by Crippen LogP contribution is -2.43. The molecule has 0 atom stereocenters. The Morgan fingerprint density at radius 2 is 1.61 bits per heavy atom. The van der Waals surface area contributed by atoms with Crippen LogP contribution in [0.15, 0.2) is 48.5 Å². The van der Waals surface area contributed by atoms with E-state index in [0.717, 1.165) is 11.3 Å². The average molecular weight is 334 g/mol. The zero-order valence-corrected chi connectivity index (χ0v) is 14.2. The van der Waals surface area contributed by atoms with Gasteiger partial charge in [-0.05, 0) is 55.8 Å². The van der Waals surface area contributed by atoms with Crippen molar-refractivity contribution in [3.05, 3.63) is 59.1 Å². The third kappa shape index (κ3) is 4.89. The normalized spacial score (nSPS) is 11.0. The van der Waals surface area contributed by atoms with Crippen molar-refractivity contribution in [2.24, 2.45) is 0 Å². The SMILES string of the molecule is COc1ccc(C(C)(C)NC(=O)COc2ccc(Cl)cc2)cc1. The van der Waals surface area contributed by atoms with Gasteiger partial charge in [0.1, 0.15) is 11.5 Å². The number of carbonyl (C=O) groups is 1. The lowest BCUT2D eigenvalue weighted by Gasteiger charge is -2.27. The van der Waals surface area contributed by atoms with Crippen LogP contribution in [0.25, 0.3) is 0 Å². The third-order valence-electron chi connectivity index (χ3n) is 3.45. The Hall–Kier alpha value is -2.20. The molecule has 0 saturated carbocycles. The summed E-state index contributed by atoms with van der Waals surface area (Å²) in [6.45, 7) is 3.82. The molecule has 5 heteroatoms. The fourth-order valence-electron chi connectivity index (χ4n) is 2.14.